The molecule has 1 aromatic carbocycles. The molecule has 4 N–H and O–H groups in total. The molecule has 2 rings (SSSR count). The van der Waals surface area contributed by atoms with Crippen LogP contribution in [0.25, 0.3) is 0 Å². The number of carbonyl (C=O) groups excluding carboxylic acids is 1. The number of anilines is 1. The standard InChI is InChI=1S/C15H21N3O3/c1-2-11-3-5-12(6-4-11)17-13(19)9-18-8-7-15(16,10-18)14(20)21/h3-6H,2,7-10,16H2,1H3,(H,17,19)(H,20,21). The van der Waals surface area contributed by atoms with E-state index in [1.54, 1.807) is 4.90 Å². The fourth-order valence-corrected chi connectivity index (χ4v) is 2.45. The molecule has 1 heterocycles. The van der Waals surface area contributed by atoms with Crippen molar-refractivity contribution in [1.82, 2.24) is 4.90 Å². The van der Waals surface area contributed by atoms with E-state index in [1.165, 1.54) is 5.56 Å². The van der Waals surface area contributed by atoms with Crippen LogP contribution >= 0.6 is 0 Å². The molecule has 6 heteroatoms. The van der Waals surface area contributed by atoms with E-state index in [0.29, 0.717) is 13.0 Å². The van der Waals surface area contributed by atoms with Gasteiger partial charge in [0.25, 0.3) is 0 Å². The largest absolute Gasteiger partial charge is 0.480 e. The zero-order chi connectivity index (χ0) is 15.5. The van der Waals surface area contributed by atoms with Crippen LogP contribution in [0, 0.1) is 0 Å². The maximum atomic E-state index is 12.0. The second-order valence-corrected chi connectivity index (χ2v) is 5.52. The molecule has 0 bridgehead atoms. The van der Waals surface area contributed by atoms with Gasteiger partial charge in [0.05, 0.1) is 6.54 Å². The molecular formula is C15H21N3O3. The molecule has 0 aliphatic carbocycles. The summed E-state index contributed by atoms with van der Waals surface area (Å²) < 4.78 is 0. The van der Waals surface area contributed by atoms with Crippen LogP contribution in [-0.4, -0.2) is 47.1 Å². The van der Waals surface area contributed by atoms with Crippen LogP contribution in [0.5, 0.6) is 0 Å². The Hall–Kier alpha value is -1.92. The number of hydrogen-bond donors (Lipinski definition) is 3. The van der Waals surface area contributed by atoms with E-state index in [-0.39, 0.29) is 19.0 Å². The predicted molar refractivity (Wildman–Crippen MR) is 80.1 cm³/mol. The second kappa shape index (κ2) is 6.24. The zero-order valence-corrected chi connectivity index (χ0v) is 12.1. The van der Waals surface area contributed by atoms with Crippen LogP contribution in [0.15, 0.2) is 24.3 Å². The Morgan fingerprint density at radius 3 is 2.57 bits per heavy atom. The molecule has 114 valence electrons. The Bertz CT molecular complexity index is 529. The number of benzene rings is 1. The molecule has 1 saturated heterocycles. The maximum absolute atomic E-state index is 12.0. The fraction of sp³-hybridized carbons (Fsp3) is 0.467. The number of aryl methyl sites for hydroxylation is 1. The molecule has 1 aromatic rings. The molecule has 1 unspecified atom stereocenters. The van der Waals surface area contributed by atoms with Gasteiger partial charge in [-0.3, -0.25) is 14.5 Å². The van der Waals surface area contributed by atoms with Gasteiger partial charge in [-0.15, -0.1) is 0 Å². The third kappa shape index (κ3) is 3.80. The van der Waals surface area contributed by atoms with Crippen molar-refractivity contribution < 1.29 is 14.7 Å². The number of rotatable bonds is 5. The SMILES string of the molecule is CCc1ccc(NC(=O)CN2CCC(N)(C(=O)O)C2)cc1. The van der Waals surface area contributed by atoms with Crippen molar-refractivity contribution in [3.8, 4) is 0 Å². The van der Waals surface area contributed by atoms with E-state index < -0.39 is 11.5 Å². The fourth-order valence-electron chi connectivity index (χ4n) is 2.45. The van der Waals surface area contributed by atoms with Gasteiger partial charge < -0.3 is 16.2 Å². The molecule has 1 aliphatic rings. The first-order valence-corrected chi connectivity index (χ1v) is 7.06. The van der Waals surface area contributed by atoms with E-state index in [0.717, 1.165) is 12.1 Å². The number of hydrogen-bond acceptors (Lipinski definition) is 4. The normalized spacial score (nSPS) is 22.2. The van der Waals surface area contributed by atoms with E-state index in [4.69, 9.17) is 10.8 Å². The van der Waals surface area contributed by atoms with Crippen molar-refractivity contribution >= 4 is 17.6 Å². The summed E-state index contributed by atoms with van der Waals surface area (Å²) >= 11 is 0. The third-order valence-corrected chi connectivity index (χ3v) is 3.82. The summed E-state index contributed by atoms with van der Waals surface area (Å²) in [5.41, 5.74) is 6.50. The highest BCUT2D eigenvalue weighted by atomic mass is 16.4. The Morgan fingerprint density at radius 2 is 2.05 bits per heavy atom. The van der Waals surface area contributed by atoms with Crippen LogP contribution in [0.1, 0.15) is 18.9 Å². The van der Waals surface area contributed by atoms with Gasteiger partial charge in [-0.05, 0) is 30.5 Å². The number of carboxylic acids is 1. The summed E-state index contributed by atoms with van der Waals surface area (Å²) in [5.74, 6) is -1.17. The Labute approximate surface area is 123 Å². The van der Waals surface area contributed by atoms with E-state index in [9.17, 15) is 9.59 Å². The van der Waals surface area contributed by atoms with Crippen LogP contribution in [0.2, 0.25) is 0 Å². The van der Waals surface area contributed by atoms with E-state index >= 15 is 0 Å². The topological polar surface area (TPSA) is 95.7 Å². The first kappa shape index (κ1) is 15.5. The van der Waals surface area contributed by atoms with Crippen LogP contribution in [-0.2, 0) is 16.0 Å². The average Bonchev–Trinajstić information content (AvgIpc) is 2.82. The molecule has 0 spiro atoms. The first-order chi connectivity index (χ1) is 9.93. The minimum absolute atomic E-state index is 0.155. The summed E-state index contributed by atoms with van der Waals surface area (Å²) in [5, 5.41) is 11.9. The van der Waals surface area contributed by atoms with Crippen molar-refractivity contribution in [2.75, 3.05) is 25.0 Å². The highest BCUT2D eigenvalue weighted by Crippen LogP contribution is 2.19. The van der Waals surface area contributed by atoms with Crippen LogP contribution in [0.4, 0.5) is 5.69 Å². The molecular weight excluding hydrogens is 270 g/mol. The number of carbonyl (C=O) groups is 2. The van der Waals surface area contributed by atoms with Gasteiger partial charge in [-0.2, -0.15) is 0 Å². The zero-order valence-electron chi connectivity index (χ0n) is 12.1. The highest BCUT2D eigenvalue weighted by Gasteiger charge is 2.41. The lowest BCUT2D eigenvalue weighted by Crippen LogP contribution is -2.50. The Morgan fingerprint density at radius 1 is 1.38 bits per heavy atom. The van der Waals surface area contributed by atoms with Crippen molar-refractivity contribution in [1.29, 1.82) is 0 Å². The number of nitrogens with one attached hydrogen (secondary N) is 1. The quantitative estimate of drug-likeness (QED) is 0.741. The van der Waals surface area contributed by atoms with Gasteiger partial charge in [-0.25, -0.2) is 0 Å². The molecule has 1 fully saturated rings. The predicted octanol–water partition coefficient (Wildman–Crippen LogP) is 0.675. The van der Waals surface area contributed by atoms with Gasteiger partial charge in [0, 0.05) is 18.8 Å². The van der Waals surface area contributed by atoms with Gasteiger partial charge in [0.15, 0.2) is 0 Å². The molecule has 1 aliphatic heterocycles. The number of nitrogens with zero attached hydrogens (tertiary/aromatic N) is 1. The smallest absolute Gasteiger partial charge is 0.325 e. The summed E-state index contributed by atoms with van der Waals surface area (Å²) in [6.45, 7) is 2.94. The summed E-state index contributed by atoms with van der Waals surface area (Å²) in [6.07, 6.45) is 1.32. The minimum Gasteiger partial charge on any atom is -0.480 e. The number of carboxylic acid groups (broad SMARTS) is 1. The Kier molecular flexibility index (Phi) is 4.59. The lowest BCUT2D eigenvalue weighted by Gasteiger charge is -2.19. The average molecular weight is 291 g/mol. The van der Waals surface area contributed by atoms with Crippen LogP contribution in [0.3, 0.4) is 0 Å². The van der Waals surface area contributed by atoms with Crippen molar-refractivity contribution in [2.24, 2.45) is 5.73 Å². The number of likely N-dealkylation sites (tertiary alicyclic amines) is 1. The maximum Gasteiger partial charge on any atom is 0.325 e. The van der Waals surface area contributed by atoms with E-state index in [1.807, 2.05) is 24.3 Å². The summed E-state index contributed by atoms with van der Waals surface area (Å²) in [6, 6.07) is 7.68. The molecule has 21 heavy (non-hydrogen) atoms. The molecule has 0 radical (unpaired) electrons. The molecule has 1 amide bonds. The third-order valence-electron chi connectivity index (χ3n) is 3.82. The number of nitrogens with two attached hydrogens (primary N) is 1. The summed E-state index contributed by atoms with van der Waals surface area (Å²) in [4.78, 5) is 24.8. The second-order valence-electron chi connectivity index (χ2n) is 5.52. The lowest BCUT2D eigenvalue weighted by atomic mass is 10.0. The summed E-state index contributed by atoms with van der Waals surface area (Å²) in [7, 11) is 0. The molecule has 0 aromatic heterocycles. The van der Waals surface area contributed by atoms with Gasteiger partial charge >= 0.3 is 5.97 Å². The minimum atomic E-state index is -1.23. The highest BCUT2D eigenvalue weighted by molar-refractivity contribution is 5.92. The van der Waals surface area contributed by atoms with Crippen molar-refractivity contribution in [2.45, 2.75) is 25.3 Å². The monoisotopic (exact) mass is 291 g/mol. The van der Waals surface area contributed by atoms with Crippen molar-refractivity contribution in [3.05, 3.63) is 29.8 Å². The van der Waals surface area contributed by atoms with Gasteiger partial charge in [0.1, 0.15) is 5.54 Å². The molecule has 0 saturated carbocycles. The van der Waals surface area contributed by atoms with E-state index in [2.05, 4.69) is 12.2 Å². The van der Waals surface area contributed by atoms with Gasteiger partial charge in [-0.1, -0.05) is 19.1 Å². The van der Waals surface area contributed by atoms with Gasteiger partial charge in [0.2, 0.25) is 5.91 Å². The number of amides is 1. The molecule has 1 atom stereocenters. The molecule has 6 nitrogen and oxygen atoms in total. The van der Waals surface area contributed by atoms with Crippen molar-refractivity contribution in [3.63, 3.8) is 0 Å². The lowest BCUT2D eigenvalue weighted by molar-refractivity contribution is -0.143. The van der Waals surface area contributed by atoms with Crippen LogP contribution < -0.4 is 11.1 Å². The Balaban J connectivity index is 1.86. The number of aliphatic carboxylic acids is 1. The first-order valence-electron chi connectivity index (χ1n) is 7.06.